The van der Waals surface area contributed by atoms with Crippen molar-refractivity contribution in [2.45, 2.75) is 30.7 Å². The number of aromatic nitrogens is 3. The molecule has 11 nitrogen and oxygen atoms in total. The Labute approximate surface area is 247 Å². The van der Waals surface area contributed by atoms with Crippen molar-refractivity contribution < 1.29 is 26.8 Å². The minimum atomic E-state index is -4.31. The van der Waals surface area contributed by atoms with Crippen molar-refractivity contribution in [3.63, 3.8) is 0 Å². The Kier molecular flexibility index (Phi) is 7.60. The molecule has 5 rings (SSSR count). The fourth-order valence-electron chi connectivity index (χ4n) is 5.10. The van der Waals surface area contributed by atoms with Gasteiger partial charge in [-0.05, 0) is 42.5 Å². The van der Waals surface area contributed by atoms with Gasteiger partial charge in [0, 0.05) is 68.9 Å². The first-order chi connectivity index (χ1) is 20.2. The van der Waals surface area contributed by atoms with Crippen LogP contribution in [0.2, 0.25) is 0 Å². The van der Waals surface area contributed by atoms with E-state index in [1.807, 2.05) is 19.0 Å². The number of sulfonamides is 1. The minimum absolute atomic E-state index is 0.00260. The maximum Gasteiger partial charge on any atom is 0.272 e. The van der Waals surface area contributed by atoms with Crippen molar-refractivity contribution >= 4 is 39.0 Å². The lowest BCUT2D eigenvalue weighted by Gasteiger charge is -2.36. The highest BCUT2D eigenvalue weighted by molar-refractivity contribution is 7.89. The van der Waals surface area contributed by atoms with E-state index >= 15 is 0 Å². The van der Waals surface area contributed by atoms with Gasteiger partial charge in [-0.1, -0.05) is 13.8 Å². The zero-order chi connectivity index (χ0) is 31.3. The normalized spacial score (nSPS) is 14.7. The molecule has 0 unspecified atom stereocenters. The molecule has 0 fully saturated rings. The lowest BCUT2D eigenvalue weighted by Crippen LogP contribution is -2.45. The molecule has 3 N–H and O–H groups in total. The maximum atomic E-state index is 13.9. The van der Waals surface area contributed by atoms with Gasteiger partial charge in [0.25, 0.3) is 11.8 Å². The summed E-state index contributed by atoms with van der Waals surface area (Å²) in [6.07, 6.45) is 1.73. The summed E-state index contributed by atoms with van der Waals surface area (Å²) in [5, 5.41) is 12.7. The zero-order valence-electron chi connectivity index (χ0n) is 24.2. The maximum absolute atomic E-state index is 13.9. The van der Waals surface area contributed by atoms with Gasteiger partial charge in [-0.15, -0.1) is 0 Å². The number of carbonyl (C=O) groups is 2. The van der Waals surface area contributed by atoms with Crippen LogP contribution in [-0.2, 0) is 29.0 Å². The summed E-state index contributed by atoms with van der Waals surface area (Å²) in [5.41, 5.74) is 1.78. The number of anilines is 3. The molecule has 0 bridgehead atoms. The summed E-state index contributed by atoms with van der Waals surface area (Å²) in [4.78, 5) is 27.9. The second kappa shape index (κ2) is 10.9. The standard InChI is InChI=1S/C29H31F2N7O4S/c1-29(2)16-38(43(41,42)20-12-17(30)11-18(31)13-20)15-22-25(29)34-35-26(22)33-27(39)21-9-8-19(36(3)4)14-23(21)32-28(40)24-7-6-10-37(24)5/h6-14H,15-16H2,1-5H3,(H,32,40)(H2,33,34,35,39). The van der Waals surface area contributed by atoms with Crippen molar-refractivity contribution in [3.05, 3.63) is 88.9 Å². The van der Waals surface area contributed by atoms with Crippen molar-refractivity contribution in [3.8, 4) is 0 Å². The number of carbonyl (C=O) groups excluding carboxylic acids is 2. The number of benzene rings is 2. The van der Waals surface area contributed by atoms with E-state index < -0.39 is 43.8 Å². The Hall–Kier alpha value is -4.56. The number of halogens is 2. The molecule has 0 radical (unpaired) electrons. The molecule has 2 aromatic carbocycles. The van der Waals surface area contributed by atoms with E-state index in [2.05, 4.69) is 20.8 Å². The topological polar surface area (TPSA) is 132 Å². The Bertz CT molecular complexity index is 1830. The van der Waals surface area contributed by atoms with Crippen LogP contribution >= 0.6 is 0 Å². The van der Waals surface area contributed by atoms with Crippen molar-refractivity contribution in [1.82, 2.24) is 19.1 Å². The summed E-state index contributed by atoms with van der Waals surface area (Å²) < 4.78 is 57.5. The van der Waals surface area contributed by atoms with Gasteiger partial charge >= 0.3 is 0 Å². The third-order valence-electron chi connectivity index (χ3n) is 7.34. The fraction of sp³-hybridized carbons (Fsp3) is 0.276. The molecule has 226 valence electrons. The van der Waals surface area contributed by atoms with Crippen LogP contribution in [-0.4, -0.2) is 59.9 Å². The number of nitrogens with one attached hydrogen (secondary N) is 3. The van der Waals surface area contributed by atoms with Crippen LogP contribution in [0.5, 0.6) is 0 Å². The van der Waals surface area contributed by atoms with E-state index in [0.29, 0.717) is 23.0 Å². The molecule has 14 heteroatoms. The predicted octanol–water partition coefficient (Wildman–Crippen LogP) is 4.08. The van der Waals surface area contributed by atoms with Crippen LogP contribution in [0.15, 0.2) is 59.6 Å². The average Bonchev–Trinajstić information content (AvgIpc) is 3.54. The smallest absolute Gasteiger partial charge is 0.272 e. The third-order valence-corrected chi connectivity index (χ3v) is 9.11. The van der Waals surface area contributed by atoms with Crippen molar-refractivity contribution in [2.24, 2.45) is 7.05 Å². The number of aromatic amines is 1. The molecule has 0 saturated carbocycles. The quantitative estimate of drug-likeness (QED) is 0.289. The molecular weight excluding hydrogens is 580 g/mol. The number of hydrogen-bond acceptors (Lipinski definition) is 6. The lowest BCUT2D eigenvalue weighted by molar-refractivity contribution is 0.101. The number of hydrogen-bond donors (Lipinski definition) is 3. The molecule has 4 aromatic rings. The van der Waals surface area contributed by atoms with Crippen LogP contribution < -0.4 is 15.5 Å². The Balaban J connectivity index is 1.47. The van der Waals surface area contributed by atoms with E-state index in [1.165, 1.54) is 0 Å². The molecule has 43 heavy (non-hydrogen) atoms. The summed E-state index contributed by atoms with van der Waals surface area (Å²) in [6.45, 7) is 3.38. The summed E-state index contributed by atoms with van der Waals surface area (Å²) in [5.74, 6) is -2.93. The monoisotopic (exact) mass is 611 g/mol. The Morgan fingerprint density at radius 1 is 1.02 bits per heavy atom. The first-order valence-corrected chi connectivity index (χ1v) is 14.7. The van der Waals surface area contributed by atoms with Gasteiger partial charge in [0.2, 0.25) is 10.0 Å². The summed E-state index contributed by atoms with van der Waals surface area (Å²) in [7, 11) is 1.08. The van der Waals surface area contributed by atoms with Crippen LogP contribution in [0.25, 0.3) is 0 Å². The van der Waals surface area contributed by atoms with Gasteiger partial charge < -0.3 is 20.1 Å². The number of nitrogens with zero attached hydrogens (tertiary/aromatic N) is 4. The Morgan fingerprint density at radius 3 is 2.35 bits per heavy atom. The van der Waals surface area contributed by atoms with Gasteiger partial charge in [0.05, 0.1) is 16.1 Å². The van der Waals surface area contributed by atoms with E-state index in [1.54, 1.807) is 62.0 Å². The number of amides is 2. The van der Waals surface area contributed by atoms with E-state index in [-0.39, 0.29) is 30.2 Å². The van der Waals surface area contributed by atoms with Crippen LogP contribution in [0.1, 0.15) is 46.0 Å². The molecule has 0 saturated heterocycles. The van der Waals surface area contributed by atoms with Crippen molar-refractivity contribution in [2.75, 3.05) is 36.2 Å². The SMILES string of the molecule is CN(C)c1ccc(C(=O)Nc2n[nH]c3c2CN(S(=O)(=O)c2cc(F)cc(F)c2)CC3(C)C)c(NC(=O)c2cccn2C)c1. The van der Waals surface area contributed by atoms with Gasteiger partial charge in [-0.25, -0.2) is 17.2 Å². The van der Waals surface area contributed by atoms with E-state index in [9.17, 15) is 26.8 Å². The number of H-pyrrole nitrogens is 1. The number of fused-ring (bicyclic) bond motifs is 1. The fourth-order valence-corrected chi connectivity index (χ4v) is 6.71. The van der Waals surface area contributed by atoms with Crippen LogP contribution in [0, 0.1) is 11.6 Å². The predicted molar refractivity (Wildman–Crippen MR) is 158 cm³/mol. The largest absolute Gasteiger partial charge is 0.378 e. The highest BCUT2D eigenvalue weighted by Gasteiger charge is 2.41. The molecule has 0 atom stereocenters. The molecule has 1 aliphatic heterocycles. The summed E-state index contributed by atoms with van der Waals surface area (Å²) in [6, 6.07) is 10.5. The highest BCUT2D eigenvalue weighted by Crippen LogP contribution is 2.38. The summed E-state index contributed by atoms with van der Waals surface area (Å²) >= 11 is 0. The molecule has 0 aliphatic carbocycles. The number of aryl methyl sites for hydroxylation is 1. The third kappa shape index (κ3) is 5.75. The average molecular weight is 612 g/mol. The van der Waals surface area contributed by atoms with Gasteiger partial charge in [0.15, 0.2) is 5.82 Å². The number of rotatable bonds is 7. The van der Waals surface area contributed by atoms with E-state index in [0.717, 1.165) is 22.1 Å². The highest BCUT2D eigenvalue weighted by atomic mass is 32.2. The lowest BCUT2D eigenvalue weighted by atomic mass is 9.84. The Morgan fingerprint density at radius 2 is 1.72 bits per heavy atom. The molecule has 0 spiro atoms. The second-order valence-corrected chi connectivity index (χ2v) is 13.2. The van der Waals surface area contributed by atoms with Gasteiger partial charge in [-0.2, -0.15) is 9.40 Å². The van der Waals surface area contributed by atoms with E-state index in [4.69, 9.17) is 0 Å². The first-order valence-electron chi connectivity index (χ1n) is 13.3. The molecule has 1 aliphatic rings. The van der Waals surface area contributed by atoms with Gasteiger partial charge in [-0.3, -0.25) is 14.7 Å². The minimum Gasteiger partial charge on any atom is -0.378 e. The van der Waals surface area contributed by atoms with Crippen LogP contribution in [0.3, 0.4) is 0 Å². The molecular formula is C29H31F2N7O4S. The van der Waals surface area contributed by atoms with Crippen molar-refractivity contribution in [1.29, 1.82) is 0 Å². The molecule has 3 heterocycles. The zero-order valence-corrected chi connectivity index (χ0v) is 25.0. The van der Waals surface area contributed by atoms with Gasteiger partial charge in [0.1, 0.15) is 17.3 Å². The molecule has 2 aromatic heterocycles. The molecule has 2 amide bonds. The first kappa shape index (κ1) is 29.9. The van der Waals surface area contributed by atoms with Crippen LogP contribution in [0.4, 0.5) is 26.0 Å². The second-order valence-electron chi connectivity index (χ2n) is 11.2.